The second-order valence-corrected chi connectivity index (χ2v) is 7.08. The molecule has 0 fully saturated rings. The van der Waals surface area contributed by atoms with Crippen LogP contribution in [0.5, 0.6) is 0 Å². The number of hydrogen-bond donors (Lipinski definition) is 3. The van der Waals surface area contributed by atoms with Crippen molar-refractivity contribution in [3.8, 4) is 0 Å². The van der Waals surface area contributed by atoms with Crippen LogP contribution in [0.25, 0.3) is 22.1 Å². The van der Waals surface area contributed by atoms with E-state index in [1.165, 1.54) is 18.5 Å². The van der Waals surface area contributed by atoms with E-state index in [4.69, 9.17) is 11.6 Å². The third-order valence-electron chi connectivity index (χ3n) is 4.61. The molecule has 0 spiro atoms. The van der Waals surface area contributed by atoms with E-state index in [2.05, 4.69) is 25.3 Å². The van der Waals surface area contributed by atoms with Crippen molar-refractivity contribution >= 4 is 45.2 Å². The maximum atomic E-state index is 13.6. The average Bonchev–Trinajstić information content (AvgIpc) is 3.24. The van der Waals surface area contributed by atoms with E-state index in [0.29, 0.717) is 28.5 Å². The highest BCUT2D eigenvalue weighted by atomic mass is 35.5. The van der Waals surface area contributed by atoms with Crippen molar-refractivity contribution in [2.75, 3.05) is 5.32 Å². The number of rotatable bonds is 4. The van der Waals surface area contributed by atoms with Gasteiger partial charge in [0.1, 0.15) is 23.6 Å². The first-order chi connectivity index (χ1) is 14.0. The maximum Gasteiger partial charge on any atom is 0.323 e. The van der Waals surface area contributed by atoms with Crippen LogP contribution in [0.15, 0.2) is 59.8 Å². The number of hydrogen-bond acceptors (Lipinski definition) is 4. The van der Waals surface area contributed by atoms with Gasteiger partial charge in [-0.1, -0.05) is 11.6 Å². The summed E-state index contributed by atoms with van der Waals surface area (Å²) in [5, 5.41) is 4.43. The number of fused-ring (bicyclic) bond motifs is 2. The Labute approximate surface area is 168 Å². The molecule has 29 heavy (non-hydrogen) atoms. The second kappa shape index (κ2) is 6.75. The van der Waals surface area contributed by atoms with Gasteiger partial charge in [0.05, 0.1) is 16.4 Å². The Morgan fingerprint density at radius 3 is 2.79 bits per heavy atom. The Balaban J connectivity index is 1.49. The lowest BCUT2D eigenvalue weighted by Crippen LogP contribution is -2.01. The van der Waals surface area contributed by atoms with E-state index in [0.717, 1.165) is 22.2 Å². The summed E-state index contributed by atoms with van der Waals surface area (Å²) in [7, 11) is 0. The molecule has 0 atom stereocenters. The fourth-order valence-electron chi connectivity index (χ4n) is 3.38. The fourth-order valence-corrected chi connectivity index (χ4v) is 3.62. The number of nitrogens with zero attached hydrogens (tertiary/aromatic N) is 3. The number of benzene rings is 2. The zero-order chi connectivity index (χ0) is 20.0. The van der Waals surface area contributed by atoms with Crippen molar-refractivity contribution in [1.29, 1.82) is 0 Å². The minimum Gasteiger partial charge on any atom is -0.340 e. The molecule has 5 aromatic rings. The topological polar surface area (TPSA) is 91.4 Å². The minimum atomic E-state index is -0.376. The van der Waals surface area contributed by atoms with Crippen LogP contribution in [0.4, 0.5) is 15.9 Å². The molecule has 0 bridgehead atoms. The zero-order valence-electron chi connectivity index (χ0n) is 14.9. The van der Waals surface area contributed by atoms with Crippen LogP contribution < -0.4 is 11.0 Å². The number of anilines is 2. The normalized spacial score (nSPS) is 11.4. The summed E-state index contributed by atoms with van der Waals surface area (Å²) in [5.41, 5.74) is 3.40. The Hall–Kier alpha value is -3.65. The van der Waals surface area contributed by atoms with Crippen LogP contribution in [0, 0.1) is 5.82 Å². The summed E-state index contributed by atoms with van der Waals surface area (Å²) < 4.78 is 15.5. The van der Waals surface area contributed by atoms with Gasteiger partial charge in [0.15, 0.2) is 0 Å². The quantitative estimate of drug-likeness (QED) is 0.416. The van der Waals surface area contributed by atoms with E-state index < -0.39 is 0 Å². The Kier molecular flexibility index (Phi) is 4.06. The average molecular weight is 409 g/mol. The van der Waals surface area contributed by atoms with Gasteiger partial charge in [-0.2, -0.15) is 0 Å². The number of aromatic amines is 2. The predicted molar refractivity (Wildman–Crippen MR) is 110 cm³/mol. The first kappa shape index (κ1) is 17.4. The SMILES string of the molecule is O=c1[nH]c2ccc(Nc3ncnc4c3ccn4Cc3cc(F)cc(Cl)c3)cc2[nH]1. The highest BCUT2D eigenvalue weighted by Crippen LogP contribution is 2.26. The largest absolute Gasteiger partial charge is 0.340 e. The summed E-state index contributed by atoms with van der Waals surface area (Å²) in [6.45, 7) is 0.425. The van der Waals surface area contributed by atoms with Crippen molar-refractivity contribution in [2.45, 2.75) is 6.54 Å². The molecule has 0 saturated carbocycles. The molecule has 3 aromatic heterocycles. The van der Waals surface area contributed by atoms with Crippen molar-refractivity contribution in [3.05, 3.63) is 81.9 Å². The standard InChI is InChI=1S/C20H14ClFN6O/c21-12-5-11(6-13(22)7-12)9-28-4-3-15-18(23-10-24-19(15)28)25-14-1-2-16-17(8-14)27-20(29)26-16/h1-8,10H,9H2,(H,23,24,25)(H2,26,27,29). The van der Waals surface area contributed by atoms with Crippen LogP contribution in [-0.2, 0) is 6.54 Å². The number of imidazole rings is 1. The van der Waals surface area contributed by atoms with Crippen molar-refractivity contribution in [3.63, 3.8) is 0 Å². The van der Waals surface area contributed by atoms with E-state index in [1.807, 2.05) is 35.0 Å². The lowest BCUT2D eigenvalue weighted by atomic mass is 10.2. The van der Waals surface area contributed by atoms with Crippen molar-refractivity contribution < 1.29 is 4.39 Å². The Morgan fingerprint density at radius 1 is 1.07 bits per heavy atom. The Bertz CT molecular complexity index is 1400. The Morgan fingerprint density at radius 2 is 1.93 bits per heavy atom. The summed E-state index contributed by atoms with van der Waals surface area (Å²) in [4.78, 5) is 25.6. The maximum absolute atomic E-state index is 13.6. The third kappa shape index (κ3) is 3.34. The molecule has 0 aliphatic heterocycles. The van der Waals surface area contributed by atoms with Crippen LogP contribution in [0.2, 0.25) is 5.02 Å². The van der Waals surface area contributed by atoms with Crippen molar-refractivity contribution in [1.82, 2.24) is 24.5 Å². The summed E-state index contributed by atoms with van der Waals surface area (Å²) >= 11 is 5.96. The third-order valence-corrected chi connectivity index (χ3v) is 4.83. The van der Waals surface area contributed by atoms with Gasteiger partial charge in [0.2, 0.25) is 0 Å². The van der Waals surface area contributed by atoms with Crippen LogP contribution >= 0.6 is 11.6 Å². The molecule has 0 saturated heterocycles. The molecule has 9 heteroatoms. The first-order valence-corrected chi connectivity index (χ1v) is 9.17. The number of nitrogens with one attached hydrogen (secondary N) is 3. The van der Waals surface area contributed by atoms with E-state index in [1.54, 1.807) is 6.07 Å². The van der Waals surface area contributed by atoms with Crippen LogP contribution in [-0.4, -0.2) is 24.5 Å². The molecular weight excluding hydrogens is 395 g/mol. The lowest BCUT2D eigenvalue weighted by Gasteiger charge is -2.09. The smallest absolute Gasteiger partial charge is 0.323 e. The minimum absolute atomic E-state index is 0.254. The van der Waals surface area contributed by atoms with Crippen LogP contribution in [0.3, 0.4) is 0 Å². The van der Waals surface area contributed by atoms with Gasteiger partial charge in [-0.15, -0.1) is 0 Å². The highest BCUT2D eigenvalue weighted by Gasteiger charge is 2.10. The van der Waals surface area contributed by atoms with Gasteiger partial charge < -0.3 is 19.9 Å². The van der Waals surface area contributed by atoms with Gasteiger partial charge in [0, 0.05) is 23.5 Å². The molecular formula is C20H14ClFN6O. The molecule has 144 valence electrons. The molecule has 5 rings (SSSR count). The number of aromatic nitrogens is 5. The highest BCUT2D eigenvalue weighted by molar-refractivity contribution is 6.30. The molecule has 7 nitrogen and oxygen atoms in total. The summed E-state index contributed by atoms with van der Waals surface area (Å²) in [6.07, 6.45) is 3.34. The van der Waals surface area contributed by atoms with Gasteiger partial charge in [-0.05, 0) is 48.0 Å². The van der Waals surface area contributed by atoms with E-state index >= 15 is 0 Å². The van der Waals surface area contributed by atoms with Gasteiger partial charge in [-0.3, -0.25) is 0 Å². The number of halogens is 2. The molecule has 0 radical (unpaired) electrons. The van der Waals surface area contributed by atoms with E-state index in [-0.39, 0.29) is 11.5 Å². The fraction of sp³-hybridized carbons (Fsp3) is 0.0500. The number of H-pyrrole nitrogens is 2. The van der Waals surface area contributed by atoms with Gasteiger partial charge in [-0.25, -0.2) is 19.2 Å². The molecule has 0 aliphatic carbocycles. The van der Waals surface area contributed by atoms with Crippen LogP contribution in [0.1, 0.15) is 5.56 Å². The van der Waals surface area contributed by atoms with E-state index in [9.17, 15) is 9.18 Å². The summed E-state index contributed by atoms with van der Waals surface area (Å²) in [5.74, 6) is 0.252. The molecule has 3 heterocycles. The first-order valence-electron chi connectivity index (χ1n) is 8.79. The van der Waals surface area contributed by atoms with Crippen molar-refractivity contribution in [2.24, 2.45) is 0 Å². The summed E-state index contributed by atoms with van der Waals surface area (Å²) in [6, 6.07) is 11.8. The monoisotopic (exact) mass is 408 g/mol. The zero-order valence-corrected chi connectivity index (χ0v) is 15.7. The molecule has 3 N–H and O–H groups in total. The molecule has 0 aliphatic rings. The molecule has 2 aromatic carbocycles. The predicted octanol–water partition coefficient (Wildman–Crippen LogP) is 4.19. The van der Waals surface area contributed by atoms with Gasteiger partial charge >= 0.3 is 5.69 Å². The second-order valence-electron chi connectivity index (χ2n) is 6.65. The molecule has 0 amide bonds. The van der Waals surface area contributed by atoms with Gasteiger partial charge in [0.25, 0.3) is 0 Å². The lowest BCUT2D eigenvalue weighted by molar-refractivity contribution is 0.624. The molecule has 0 unspecified atom stereocenters.